The van der Waals surface area contributed by atoms with E-state index in [4.69, 9.17) is 5.73 Å². The number of hydrogen-bond donors (Lipinski definition) is 1. The van der Waals surface area contributed by atoms with Crippen LogP contribution in [0.1, 0.15) is 111 Å². The highest BCUT2D eigenvalue weighted by atomic mass is 14.5. The molecule has 0 aliphatic heterocycles. The number of rotatable bonds is 15. The van der Waals surface area contributed by atoms with Gasteiger partial charge in [0.2, 0.25) is 0 Å². The fourth-order valence-electron chi connectivity index (χ4n) is 2.80. The average Bonchev–Trinajstić information content (AvgIpc) is 2.45. The van der Waals surface area contributed by atoms with Crippen LogP contribution in [0.25, 0.3) is 0 Å². The Bertz CT molecular complexity index is 237. The molecule has 0 atom stereocenters. The van der Waals surface area contributed by atoms with Crippen molar-refractivity contribution < 1.29 is 0 Å². The number of unbranched alkanes of at least 4 members (excludes halogenated alkanes) is 11. The first-order valence-electron chi connectivity index (χ1n) is 9.91. The van der Waals surface area contributed by atoms with Gasteiger partial charge in [0.05, 0.1) is 0 Å². The van der Waals surface area contributed by atoms with Gasteiger partial charge in [-0.25, -0.2) is 0 Å². The Morgan fingerprint density at radius 3 is 1.45 bits per heavy atom. The largest absolute Gasteiger partial charge is 0.330 e. The molecule has 2 N–H and O–H groups in total. The van der Waals surface area contributed by atoms with Crippen molar-refractivity contribution in [2.75, 3.05) is 6.54 Å². The molecule has 0 aromatic rings. The molecule has 0 fully saturated rings. The van der Waals surface area contributed by atoms with Crippen molar-refractivity contribution in [1.82, 2.24) is 0 Å². The molecule has 1 heteroatoms. The van der Waals surface area contributed by atoms with Crippen molar-refractivity contribution in [1.29, 1.82) is 0 Å². The summed E-state index contributed by atoms with van der Waals surface area (Å²) < 4.78 is 0. The Balaban J connectivity index is 3.12. The van der Waals surface area contributed by atoms with Gasteiger partial charge in [0.1, 0.15) is 0 Å². The normalized spacial score (nSPS) is 12.4. The molecule has 0 saturated carbocycles. The topological polar surface area (TPSA) is 26.0 Å². The maximum Gasteiger partial charge on any atom is -0.00773 e. The van der Waals surface area contributed by atoms with Gasteiger partial charge in [0.15, 0.2) is 0 Å². The smallest absolute Gasteiger partial charge is 0.00773 e. The summed E-state index contributed by atoms with van der Waals surface area (Å²) in [5.74, 6) is 0. The lowest BCUT2D eigenvalue weighted by Gasteiger charge is -2.17. The van der Waals surface area contributed by atoms with Crippen LogP contribution in [0.15, 0.2) is 12.2 Å². The lowest BCUT2D eigenvalue weighted by molar-refractivity contribution is 0.356. The van der Waals surface area contributed by atoms with E-state index in [-0.39, 0.29) is 0 Å². The lowest BCUT2D eigenvalue weighted by Crippen LogP contribution is -2.03. The molecule has 0 aliphatic rings. The van der Waals surface area contributed by atoms with Gasteiger partial charge in [0.25, 0.3) is 0 Å². The number of nitrogens with two attached hydrogens (primary N) is 1. The van der Waals surface area contributed by atoms with Gasteiger partial charge in [-0.05, 0) is 50.5 Å². The quantitative estimate of drug-likeness (QED) is 0.255. The fraction of sp³-hybridized carbons (Fsp3) is 0.905. The summed E-state index contributed by atoms with van der Waals surface area (Å²) >= 11 is 0. The Morgan fingerprint density at radius 1 is 0.591 bits per heavy atom. The van der Waals surface area contributed by atoms with Gasteiger partial charge in [-0.1, -0.05) is 84.3 Å². The molecule has 0 bridgehead atoms. The summed E-state index contributed by atoms with van der Waals surface area (Å²) in [5, 5.41) is 0. The van der Waals surface area contributed by atoms with E-state index in [1.165, 1.54) is 89.9 Å². The first-order chi connectivity index (χ1) is 10.6. The third-order valence-corrected chi connectivity index (χ3v) is 4.29. The van der Waals surface area contributed by atoms with E-state index in [0.717, 1.165) is 6.54 Å². The zero-order valence-corrected chi connectivity index (χ0v) is 15.8. The van der Waals surface area contributed by atoms with Gasteiger partial charge in [0, 0.05) is 0 Å². The van der Waals surface area contributed by atoms with E-state index < -0.39 is 0 Å². The SMILES string of the molecule is CC(C)(C)CCCCCCCC=CCCCCCCCCN. The molecule has 1 nitrogen and oxygen atoms in total. The van der Waals surface area contributed by atoms with Gasteiger partial charge < -0.3 is 5.73 Å². The van der Waals surface area contributed by atoms with Gasteiger partial charge >= 0.3 is 0 Å². The lowest BCUT2D eigenvalue weighted by atomic mass is 9.89. The Labute approximate surface area is 141 Å². The van der Waals surface area contributed by atoms with E-state index in [0.29, 0.717) is 5.41 Å². The van der Waals surface area contributed by atoms with Crippen molar-refractivity contribution in [3.8, 4) is 0 Å². The summed E-state index contributed by atoms with van der Waals surface area (Å²) in [6.45, 7) is 7.90. The molecule has 22 heavy (non-hydrogen) atoms. The minimum atomic E-state index is 0.521. The van der Waals surface area contributed by atoms with Crippen molar-refractivity contribution in [2.45, 2.75) is 111 Å². The van der Waals surface area contributed by atoms with E-state index in [1.54, 1.807) is 0 Å². The molecule has 0 aromatic carbocycles. The minimum absolute atomic E-state index is 0.521. The summed E-state index contributed by atoms with van der Waals surface area (Å²) in [7, 11) is 0. The predicted molar refractivity (Wildman–Crippen MR) is 102 cm³/mol. The van der Waals surface area contributed by atoms with Crippen molar-refractivity contribution in [2.24, 2.45) is 11.1 Å². The highest BCUT2D eigenvalue weighted by Crippen LogP contribution is 2.22. The minimum Gasteiger partial charge on any atom is -0.330 e. The molecule has 0 aliphatic carbocycles. The van der Waals surface area contributed by atoms with Gasteiger partial charge in [-0.15, -0.1) is 0 Å². The van der Waals surface area contributed by atoms with Gasteiger partial charge in [-0.2, -0.15) is 0 Å². The molecule has 0 unspecified atom stereocenters. The van der Waals surface area contributed by atoms with Crippen LogP contribution in [-0.4, -0.2) is 6.54 Å². The fourth-order valence-corrected chi connectivity index (χ4v) is 2.80. The van der Waals surface area contributed by atoms with Crippen LogP contribution in [0.3, 0.4) is 0 Å². The molecule has 0 saturated heterocycles. The molecule has 0 radical (unpaired) electrons. The second-order valence-electron chi connectivity index (χ2n) is 8.04. The van der Waals surface area contributed by atoms with Crippen LogP contribution >= 0.6 is 0 Å². The van der Waals surface area contributed by atoms with Crippen molar-refractivity contribution in [3.63, 3.8) is 0 Å². The molecular weight excluding hydrogens is 266 g/mol. The van der Waals surface area contributed by atoms with Crippen LogP contribution in [-0.2, 0) is 0 Å². The molecule has 0 amide bonds. The van der Waals surface area contributed by atoms with Crippen LogP contribution in [0.2, 0.25) is 0 Å². The van der Waals surface area contributed by atoms with E-state index >= 15 is 0 Å². The van der Waals surface area contributed by atoms with Crippen molar-refractivity contribution >= 4 is 0 Å². The van der Waals surface area contributed by atoms with E-state index in [1.807, 2.05) is 0 Å². The van der Waals surface area contributed by atoms with Crippen LogP contribution in [0, 0.1) is 5.41 Å². The third-order valence-electron chi connectivity index (χ3n) is 4.29. The van der Waals surface area contributed by atoms with Crippen LogP contribution < -0.4 is 5.73 Å². The maximum absolute atomic E-state index is 5.49. The Morgan fingerprint density at radius 2 is 1.00 bits per heavy atom. The molecular formula is C21H43N. The predicted octanol–water partition coefficient (Wildman–Crippen LogP) is 7.01. The second-order valence-corrected chi connectivity index (χ2v) is 8.04. The maximum atomic E-state index is 5.49. The highest BCUT2D eigenvalue weighted by molar-refractivity contribution is 4.81. The number of hydrogen-bond acceptors (Lipinski definition) is 1. The molecule has 0 heterocycles. The summed E-state index contributed by atoms with van der Waals surface area (Å²) in [6.07, 6.45) is 23.8. The molecule has 0 rings (SSSR count). The summed E-state index contributed by atoms with van der Waals surface area (Å²) in [5.41, 5.74) is 6.01. The summed E-state index contributed by atoms with van der Waals surface area (Å²) in [6, 6.07) is 0. The zero-order valence-electron chi connectivity index (χ0n) is 15.8. The van der Waals surface area contributed by atoms with Crippen LogP contribution in [0.4, 0.5) is 0 Å². The highest BCUT2D eigenvalue weighted by Gasteiger charge is 2.08. The van der Waals surface area contributed by atoms with Gasteiger partial charge in [-0.3, -0.25) is 0 Å². The molecule has 132 valence electrons. The first-order valence-corrected chi connectivity index (χ1v) is 9.91. The van der Waals surface area contributed by atoms with E-state index in [2.05, 4.69) is 32.9 Å². The Hall–Kier alpha value is -0.300. The molecule has 0 spiro atoms. The third kappa shape index (κ3) is 19.7. The zero-order chi connectivity index (χ0) is 16.5. The standard InChI is InChI=1S/C21H43N/c1-21(2,3)19-17-15-13-11-9-7-5-4-6-8-10-12-14-16-18-20-22/h4-5H,6-20,22H2,1-3H3. The van der Waals surface area contributed by atoms with Crippen LogP contribution in [0.5, 0.6) is 0 Å². The second kappa shape index (κ2) is 15.6. The van der Waals surface area contributed by atoms with E-state index in [9.17, 15) is 0 Å². The number of allylic oxidation sites excluding steroid dienone is 2. The average molecular weight is 310 g/mol. The first kappa shape index (κ1) is 21.7. The summed E-state index contributed by atoms with van der Waals surface area (Å²) in [4.78, 5) is 0. The monoisotopic (exact) mass is 309 g/mol. The van der Waals surface area contributed by atoms with Crippen molar-refractivity contribution in [3.05, 3.63) is 12.2 Å². The Kier molecular flexibility index (Phi) is 15.4. The molecule has 0 aromatic heterocycles.